The third-order valence-corrected chi connectivity index (χ3v) is 4.55. The fourth-order valence-electron chi connectivity index (χ4n) is 3.23. The first kappa shape index (κ1) is 18.7. The predicted molar refractivity (Wildman–Crippen MR) is 100.0 cm³/mol. The molecule has 29 heavy (non-hydrogen) atoms. The molecule has 1 amide bonds. The molecule has 2 aromatic carbocycles. The molecule has 1 aliphatic heterocycles. The molecule has 2 heterocycles. The Morgan fingerprint density at radius 3 is 2.48 bits per heavy atom. The molecule has 0 bridgehead atoms. The van der Waals surface area contributed by atoms with Crippen molar-refractivity contribution in [1.29, 1.82) is 0 Å². The molecular weight excluding hydrogens is 385 g/mol. The Balaban J connectivity index is 1.78. The molecule has 0 saturated heterocycles. The van der Waals surface area contributed by atoms with Crippen molar-refractivity contribution < 1.29 is 22.7 Å². The Labute approximate surface area is 163 Å². The van der Waals surface area contributed by atoms with Crippen molar-refractivity contribution in [2.75, 3.05) is 17.2 Å². The van der Waals surface area contributed by atoms with Gasteiger partial charge in [0.25, 0.3) is 5.91 Å². The highest BCUT2D eigenvalue weighted by atomic mass is 19.1. The van der Waals surface area contributed by atoms with E-state index in [1.54, 1.807) is 6.92 Å². The molecule has 1 aliphatic rings. The molecule has 0 saturated carbocycles. The third-order valence-electron chi connectivity index (χ3n) is 4.55. The second-order valence-corrected chi connectivity index (χ2v) is 6.54. The Morgan fingerprint density at radius 2 is 1.79 bits per heavy atom. The predicted octanol–water partition coefficient (Wildman–Crippen LogP) is 3.57. The van der Waals surface area contributed by atoms with Crippen LogP contribution >= 0.6 is 0 Å². The summed E-state index contributed by atoms with van der Waals surface area (Å²) in [7, 11) is 0. The van der Waals surface area contributed by atoms with E-state index in [0.29, 0.717) is 0 Å². The van der Waals surface area contributed by atoms with Gasteiger partial charge in [-0.25, -0.2) is 23.1 Å². The van der Waals surface area contributed by atoms with Crippen molar-refractivity contribution in [3.63, 3.8) is 0 Å². The Morgan fingerprint density at radius 1 is 1.07 bits per heavy atom. The van der Waals surface area contributed by atoms with Crippen LogP contribution < -0.4 is 15.4 Å². The van der Waals surface area contributed by atoms with E-state index < -0.39 is 35.0 Å². The quantitative estimate of drug-likeness (QED) is 0.711. The number of aromatic nitrogens is 2. The summed E-state index contributed by atoms with van der Waals surface area (Å²) >= 11 is 0. The molecule has 3 aromatic rings. The van der Waals surface area contributed by atoms with E-state index in [0.717, 1.165) is 18.2 Å². The van der Waals surface area contributed by atoms with E-state index in [9.17, 15) is 18.0 Å². The number of nitrogens with zero attached hydrogens (tertiary/aromatic N) is 3. The van der Waals surface area contributed by atoms with Gasteiger partial charge in [-0.15, -0.1) is 0 Å². The number of benzene rings is 2. The first-order valence-corrected chi connectivity index (χ1v) is 8.69. The minimum atomic E-state index is -0.886. The SMILES string of the molecule is CC1CN(c2ccc(-c3c(F)cccc3F)c(F)c2)C(=O)c2c(N)ncnc2O1. The van der Waals surface area contributed by atoms with Gasteiger partial charge in [0.05, 0.1) is 12.1 Å². The summed E-state index contributed by atoms with van der Waals surface area (Å²) in [5, 5.41) is 0. The number of fused-ring (bicyclic) bond motifs is 1. The van der Waals surface area contributed by atoms with Gasteiger partial charge in [0.2, 0.25) is 5.88 Å². The second kappa shape index (κ2) is 7.08. The maximum atomic E-state index is 14.8. The van der Waals surface area contributed by atoms with Crippen LogP contribution in [-0.2, 0) is 0 Å². The first-order valence-electron chi connectivity index (χ1n) is 8.69. The third kappa shape index (κ3) is 3.24. The van der Waals surface area contributed by atoms with Gasteiger partial charge >= 0.3 is 0 Å². The van der Waals surface area contributed by atoms with E-state index in [4.69, 9.17) is 10.5 Å². The largest absolute Gasteiger partial charge is 0.472 e. The highest BCUT2D eigenvalue weighted by molar-refractivity contribution is 6.10. The average Bonchev–Trinajstić information content (AvgIpc) is 2.79. The number of halogens is 3. The molecule has 4 rings (SSSR count). The summed E-state index contributed by atoms with van der Waals surface area (Å²) in [6.45, 7) is 1.80. The maximum Gasteiger partial charge on any atom is 0.267 e. The molecule has 1 unspecified atom stereocenters. The fourth-order valence-corrected chi connectivity index (χ4v) is 3.23. The van der Waals surface area contributed by atoms with Gasteiger partial charge in [0.1, 0.15) is 41.3 Å². The lowest BCUT2D eigenvalue weighted by molar-refractivity contribution is 0.0988. The fraction of sp³-hybridized carbons (Fsp3) is 0.150. The van der Waals surface area contributed by atoms with E-state index in [2.05, 4.69) is 9.97 Å². The van der Waals surface area contributed by atoms with E-state index >= 15 is 0 Å². The minimum absolute atomic E-state index is 0.0264. The monoisotopic (exact) mass is 400 g/mol. The van der Waals surface area contributed by atoms with Gasteiger partial charge in [0, 0.05) is 11.3 Å². The van der Waals surface area contributed by atoms with Crippen LogP contribution in [-0.4, -0.2) is 28.5 Å². The van der Waals surface area contributed by atoms with Crippen LogP contribution in [0, 0.1) is 17.5 Å². The molecule has 1 aromatic heterocycles. The minimum Gasteiger partial charge on any atom is -0.472 e. The van der Waals surface area contributed by atoms with Gasteiger partial charge < -0.3 is 15.4 Å². The lowest BCUT2D eigenvalue weighted by atomic mass is 10.0. The highest BCUT2D eigenvalue weighted by Gasteiger charge is 2.32. The van der Waals surface area contributed by atoms with Crippen LogP contribution in [0.4, 0.5) is 24.7 Å². The van der Waals surface area contributed by atoms with Crippen molar-refractivity contribution in [3.05, 3.63) is 65.7 Å². The van der Waals surface area contributed by atoms with Gasteiger partial charge in [-0.3, -0.25) is 4.79 Å². The lowest BCUT2D eigenvalue weighted by Gasteiger charge is -2.23. The zero-order valence-corrected chi connectivity index (χ0v) is 15.2. The molecule has 2 N–H and O–H groups in total. The van der Waals surface area contributed by atoms with Gasteiger partial charge in [-0.2, -0.15) is 0 Å². The summed E-state index contributed by atoms with van der Waals surface area (Å²) < 4.78 is 48.5. The van der Waals surface area contributed by atoms with Crippen molar-refractivity contribution in [3.8, 4) is 17.0 Å². The number of amides is 1. The van der Waals surface area contributed by atoms with Crippen molar-refractivity contribution in [2.45, 2.75) is 13.0 Å². The number of carbonyl (C=O) groups is 1. The first-order chi connectivity index (χ1) is 13.9. The average molecular weight is 400 g/mol. The standard InChI is InChI=1S/C20H15F3N4O2/c1-10-8-27(20(28)17-18(24)25-9-26-19(17)29-10)11-5-6-12(15(23)7-11)16-13(21)3-2-4-14(16)22/h2-7,9-10H,8H2,1H3,(H2,24,25,26). The van der Waals surface area contributed by atoms with Crippen molar-refractivity contribution in [2.24, 2.45) is 0 Å². The summed E-state index contributed by atoms with van der Waals surface area (Å²) in [6.07, 6.45) is 0.711. The van der Waals surface area contributed by atoms with Crippen molar-refractivity contribution in [1.82, 2.24) is 9.97 Å². The zero-order valence-electron chi connectivity index (χ0n) is 15.2. The normalized spacial score (nSPS) is 16.2. The van der Waals surface area contributed by atoms with E-state index in [-0.39, 0.29) is 35.1 Å². The molecule has 9 heteroatoms. The van der Waals surface area contributed by atoms with Gasteiger partial charge in [-0.05, 0) is 37.3 Å². The smallest absolute Gasteiger partial charge is 0.267 e. The summed E-state index contributed by atoms with van der Waals surface area (Å²) in [5.74, 6) is -3.24. The summed E-state index contributed by atoms with van der Waals surface area (Å²) in [4.78, 5) is 22.0. The van der Waals surface area contributed by atoms with Crippen LogP contribution in [0.3, 0.4) is 0 Å². The number of nitrogen functional groups attached to an aromatic ring is 1. The Kier molecular flexibility index (Phi) is 4.57. The van der Waals surface area contributed by atoms with E-state index in [1.807, 2.05) is 0 Å². The molecule has 0 aliphatic carbocycles. The summed E-state index contributed by atoms with van der Waals surface area (Å²) in [5.41, 5.74) is 5.24. The molecule has 0 radical (unpaired) electrons. The van der Waals surface area contributed by atoms with Crippen LogP contribution in [0.1, 0.15) is 17.3 Å². The maximum absolute atomic E-state index is 14.8. The molecule has 148 valence electrons. The number of ether oxygens (including phenoxy) is 1. The molecule has 1 atom stereocenters. The number of nitrogens with two attached hydrogens (primary N) is 1. The number of rotatable bonds is 2. The Bertz CT molecular complexity index is 1100. The number of carbonyl (C=O) groups excluding carboxylic acids is 1. The summed E-state index contributed by atoms with van der Waals surface area (Å²) in [6, 6.07) is 6.95. The Hall–Kier alpha value is -3.62. The lowest BCUT2D eigenvalue weighted by Crippen LogP contribution is -2.36. The number of hydrogen-bond acceptors (Lipinski definition) is 5. The number of hydrogen-bond donors (Lipinski definition) is 1. The zero-order chi connectivity index (χ0) is 20.7. The van der Waals surface area contributed by atoms with E-state index in [1.165, 1.54) is 29.4 Å². The van der Waals surface area contributed by atoms with Crippen LogP contribution in [0.5, 0.6) is 5.88 Å². The second-order valence-electron chi connectivity index (χ2n) is 6.54. The molecule has 0 spiro atoms. The topological polar surface area (TPSA) is 81.3 Å². The molecule has 0 fully saturated rings. The van der Waals surface area contributed by atoms with Crippen LogP contribution in [0.2, 0.25) is 0 Å². The van der Waals surface area contributed by atoms with Gasteiger partial charge in [0.15, 0.2) is 0 Å². The van der Waals surface area contributed by atoms with Gasteiger partial charge in [-0.1, -0.05) is 6.07 Å². The molecule has 6 nitrogen and oxygen atoms in total. The number of anilines is 2. The van der Waals surface area contributed by atoms with Crippen molar-refractivity contribution >= 4 is 17.4 Å². The van der Waals surface area contributed by atoms with Crippen LogP contribution in [0.15, 0.2) is 42.7 Å². The highest BCUT2D eigenvalue weighted by Crippen LogP contribution is 2.33. The van der Waals surface area contributed by atoms with Crippen LogP contribution in [0.25, 0.3) is 11.1 Å². The molecular formula is C20H15F3N4O2.